The molecule has 0 fully saturated rings. The Hall–Kier alpha value is -2.00. The van der Waals surface area contributed by atoms with Crippen LogP contribution >= 0.6 is 11.6 Å². The van der Waals surface area contributed by atoms with Crippen molar-refractivity contribution >= 4 is 17.6 Å². The van der Waals surface area contributed by atoms with E-state index in [2.05, 4.69) is 0 Å². The fourth-order valence-electron chi connectivity index (χ4n) is 2.07. The lowest BCUT2D eigenvalue weighted by molar-refractivity contribution is -0.145. The highest BCUT2D eigenvalue weighted by atomic mass is 35.5. The van der Waals surface area contributed by atoms with E-state index in [0.29, 0.717) is 17.2 Å². The topological polar surface area (TPSA) is 46.5 Å². The van der Waals surface area contributed by atoms with Crippen molar-refractivity contribution in [1.29, 1.82) is 0 Å². The smallest absolute Gasteiger partial charge is 0.345 e. The van der Waals surface area contributed by atoms with E-state index < -0.39 is 12.1 Å². The van der Waals surface area contributed by atoms with Crippen molar-refractivity contribution in [1.82, 2.24) is 0 Å². The van der Waals surface area contributed by atoms with Gasteiger partial charge in [0, 0.05) is 11.4 Å². The Morgan fingerprint density at radius 2 is 1.90 bits per heavy atom. The van der Waals surface area contributed by atoms with Crippen LogP contribution in [0, 0.1) is 13.8 Å². The average Bonchev–Trinajstić information content (AvgIpc) is 2.44. The van der Waals surface area contributed by atoms with E-state index in [0.717, 1.165) is 16.7 Å². The zero-order valence-electron chi connectivity index (χ0n) is 12.0. The summed E-state index contributed by atoms with van der Waals surface area (Å²) in [7, 11) is 0. The third-order valence-electron chi connectivity index (χ3n) is 3.35. The first-order chi connectivity index (χ1) is 9.97. The molecular weight excluding hydrogens is 288 g/mol. The van der Waals surface area contributed by atoms with Crippen molar-refractivity contribution < 1.29 is 14.6 Å². The maximum Gasteiger partial charge on any atom is 0.345 e. The van der Waals surface area contributed by atoms with Crippen molar-refractivity contribution in [2.24, 2.45) is 0 Å². The molecule has 0 saturated heterocycles. The van der Waals surface area contributed by atoms with Crippen LogP contribution in [0.2, 0.25) is 5.02 Å². The zero-order chi connectivity index (χ0) is 15.4. The summed E-state index contributed by atoms with van der Waals surface area (Å²) in [5.41, 5.74) is 2.88. The van der Waals surface area contributed by atoms with Crippen molar-refractivity contribution in [2.45, 2.75) is 26.4 Å². The van der Waals surface area contributed by atoms with E-state index in [-0.39, 0.29) is 0 Å². The molecule has 0 aliphatic carbocycles. The lowest BCUT2D eigenvalue weighted by Gasteiger charge is -2.17. The summed E-state index contributed by atoms with van der Waals surface area (Å²) in [4.78, 5) is 11.4. The van der Waals surface area contributed by atoms with Gasteiger partial charge < -0.3 is 9.84 Å². The monoisotopic (exact) mass is 304 g/mol. The van der Waals surface area contributed by atoms with Crippen LogP contribution in [0.25, 0.3) is 0 Å². The van der Waals surface area contributed by atoms with Crippen LogP contribution in [0.1, 0.15) is 16.7 Å². The molecule has 21 heavy (non-hydrogen) atoms. The van der Waals surface area contributed by atoms with Gasteiger partial charge in [0.1, 0.15) is 5.75 Å². The molecule has 1 N–H and O–H groups in total. The number of halogens is 1. The van der Waals surface area contributed by atoms with Crippen LogP contribution in [-0.4, -0.2) is 17.2 Å². The first-order valence-corrected chi connectivity index (χ1v) is 7.05. The molecule has 0 spiro atoms. The molecule has 0 aliphatic heterocycles. The molecule has 110 valence electrons. The van der Waals surface area contributed by atoms with E-state index in [1.54, 1.807) is 18.2 Å². The van der Waals surface area contributed by atoms with Gasteiger partial charge in [-0.05, 0) is 48.7 Å². The van der Waals surface area contributed by atoms with Gasteiger partial charge in [0.25, 0.3) is 0 Å². The maximum absolute atomic E-state index is 11.4. The number of benzene rings is 2. The number of ether oxygens (including phenoxy) is 1. The standard InChI is InChI=1S/C17H17ClO3/c1-11-5-3-4-6-13(11)10-16(17(19)20)21-14-7-8-15(18)12(2)9-14/h3-9,16H,10H2,1-2H3,(H,19,20). The average molecular weight is 305 g/mol. The molecule has 2 rings (SSSR count). The van der Waals surface area contributed by atoms with Gasteiger partial charge in [-0.3, -0.25) is 0 Å². The Labute approximate surface area is 129 Å². The minimum Gasteiger partial charge on any atom is -0.478 e. The van der Waals surface area contributed by atoms with Gasteiger partial charge in [0.15, 0.2) is 6.10 Å². The number of carboxylic acid groups (broad SMARTS) is 1. The molecule has 0 heterocycles. The second-order valence-electron chi connectivity index (χ2n) is 4.99. The van der Waals surface area contributed by atoms with Crippen molar-refractivity contribution in [3.8, 4) is 5.75 Å². The van der Waals surface area contributed by atoms with E-state index in [1.165, 1.54) is 0 Å². The molecule has 0 amide bonds. The minimum absolute atomic E-state index is 0.323. The number of hydrogen-bond donors (Lipinski definition) is 1. The summed E-state index contributed by atoms with van der Waals surface area (Å²) in [6, 6.07) is 12.8. The molecule has 4 heteroatoms. The second kappa shape index (κ2) is 6.64. The molecule has 0 aliphatic rings. The summed E-state index contributed by atoms with van der Waals surface area (Å²) in [6.45, 7) is 3.81. The summed E-state index contributed by atoms with van der Waals surface area (Å²) < 4.78 is 5.61. The molecule has 2 aromatic rings. The van der Waals surface area contributed by atoms with Gasteiger partial charge in [0.2, 0.25) is 0 Å². The lowest BCUT2D eigenvalue weighted by Crippen LogP contribution is -2.29. The Balaban J connectivity index is 2.18. The minimum atomic E-state index is -0.981. The number of rotatable bonds is 5. The predicted octanol–water partition coefficient (Wildman–Crippen LogP) is 4.03. The summed E-state index contributed by atoms with van der Waals surface area (Å²) in [5.74, 6) is -0.469. The Morgan fingerprint density at radius 3 is 2.52 bits per heavy atom. The highest BCUT2D eigenvalue weighted by Gasteiger charge is 2.21. The highest BCUT2D eigenvalue weighted by Crippen LogP contribution is 2.23. The molecule has 1 unspecified atom stereocenters. The normalized spacial score (nSPS) is 12.0. The van der Waals surface area contributed by atoms with Crippen LogP contribution in [0.3, 0.4) is 0 Å². The van der Waals surface area contributed by atoms with E-state index in [1.807, 2.05) is 38.1 Å². The fraction of sp³-hybridized carbons (Fsp3) is 0.235. The first kappa shape index (κ1) is 15.4. The third kappa shape index (κ3) is 3.99. The zero-order valence-corrected chi connectivity index (χ0v) is 12.7. The van der Waals surface area contributed by atoms with Gasteiger partial charge in [-0.15, -0.1) is 0 Å². The van der Waals surface area contributed by atoms with Gasteiger partial charge in [-0.2, -0.15) is 0 Å². The third-order valence-corrected chi connectivity index (χ3v) is 3.77. The molecule has 3 nitrogen and oxygen atoms in total. The molecule has 0 aromatic heterocycles. The molecular formula is C17H17ClO3. The molecule has 1 atom stereocenters. The predicted molar refractivity (Wildman–Crippen MR) is 83.1 cm³/mol. The SMILES string of the molecule is Cc1cc(OC(Cc2ccccc2C)C(=O)O)ccc1Cl. The molecule has 0 bridgehead atoms. The largest absolute Gasteiger partial charge is 0.478 e. The van der Waals surface area contributed by atoms with Crippen LogP contribution in [-0.2, 0) is 11.2 Å². The Bertz CT molecular complexity index is 652. The van der Waals surface area contributed by atoms with Gasteiger partial charge in [0.05, 0.1) is 0 Å². The van der Waals surface area contributed by atoms with Crippen LogP contribution in [0.15, 0.2) is 42.5 Å². The van der Waals surface area contributed by atoms with Crippen LogP contribution < -0.4 is 4.74 Å². The van der Waals surface area contributed by atoms with Crippen LogP contribution in [0.5, 0.6) is 5.75 Å². The van der Waals surface area contributed by atoms with Gasteiger partial charge in [-0.1, -0.05) is 35.9 Å². The first-order valence-electron chi connectivity index (χ1n) is 6.67. The number of aryl methyl sites for hydroxylation is 2. The van der Waals surface area contributed by atoms with Crippen molar-refractivity contribution in [3.63, 3.8) is 0 Å². The second-order valence-corrected chi connectivity index (χ2v) is 5.39. The van der Waals surface area contributed by atoms with Crippen LogP contribution in [0.4, 0.5) is 0 Å². The highest BCUT2D eigenvalue weighted by molar-refractivity contribution is 6.31. The number of hydrogen-bond acceptors (Lipinski definition) is 2. The summed E-state index contributed by atoms with van der Waals surface area (Å²) >= 11 is 5.96. The quantitative estimate of drug-likeness (QED) is 0.907. The van der Waals surface area contributed by atoms with E-state index in [4.69, 9.17) is 16.3 Å². The fourth-order valence-corrected chi connectivity index (χ4v) is 2.19. The molecule has 0 radical (unpaired) electrons. The maximum atomic E-state index is 11.4. The number of aliphatic carboxylic acids is 1. The Kier molecular flexibility index (Phi) is 4.86. The lowest BCUT2D eigenvalue weighted by atomic mass is 10.0. The van der Waals surface area contributed by atoms with Crippen molar-refractivity contribution in [3.05, 3.63) is 64.2 Å². The number of carboxylic acids is 1. The van der Waals surface area contributed by atoms with Gasteiger partial charge in [-0.25, -0.2) is 4.79 Å². The molecule has 2 aromatic carbocycles. The summed E-state index contributed by atoms with van der Waals surface area (Å²) in [5, 5.41) is 9.99. The van der Waals surface area contributed by atoms with E-state index >= 15 is 0 Å². The molecule has 0 saturated carbocycles. The van der Waals surface area contributed by atoms with Crippen molar-refractivity contribution in [2.75, 3.05) is 0 Å². The Morgan fingerprint density at radius 1 is 1.19 bits per heavy atom. The number of carbonyl (C=O) groups is 1. The summed E-state index contributed by atoms with van der Waals surface area (Å²) in [6.07, 6.45) is -0.601. The van der Waals surface area contributed by atoms with Gasteiger partial charge >= 0.3 is 5.97 Å². The van der Waals surface area contributed by atoms with E-state index in [9.17, 15) is 9.90 Å².